The molecule has 2 aromatic rings. The number of cyclic esters (lactones) is 1. The largest absolute Gasteiger partial charge is 0.492 e. The zero-order chi connectivity index (χ0) is 27.1. The van der Waals surface area contributed by atoms with Gasteiger partial charge in [0.25, 0.3) is 0 Å². The fraction of sp³-hybridized carbons (Fsp3) is 0.433. The summed E-state index contributed by atoms with van der Waals surface area (Å²) in [6.45, 7) is 9.91. The quantitative estimate of drug-likeness (QED) is 0.368. The van der Waals surface area contributed by atoms with E-state index in [1.807, 2.05) is 42.5 Å². The van der Waals surface area contributed by atoms with Crippen LogP contribution in [0, 0.1) is 0 Å². The van der Waals surface area contributed by atoms with E-state index in [1.165, 1.54) is 6.92 Å². The fourth-order valence-corrected chi connectivity index (χ4v) is 4.86. The van der Waals surface area contributed by atoms with Gasteiger partial charge < -0.3 is 19.7 Å². The van der Waals surface area contributed by atoms with Crippen molar-refractivity contribution in [1.82, 2.24) is 10.2 Å². The summed E-state index contributed by atoms with van der Waals surface area (Å²) in [5.41, 5.74) is 4.07. The molecule has 1 unspecified atom stereocenters. The van der Waals surface area contributed by atoms with Crippen molar-refractivity contribution >= 4 is 29.5 Å². The highest BCUT2D eigenvalue weighted by Crippen LogP contribution is 2.31. The van der Waals surface area contributed by atoms with Crippen LogP contribution < -0.4 is 15.0 Å². The van der Waals surface area contributed by atoms with Crippen molar-refractivity contribution < 1.29 is 23.9 Å². The summed E-state index contributed by atoms with van der Waals surface area (Å²) in [5, 5.41) is 2.69. The van der Waals surface area contributed by atoms with Crippen LogP contribution in [0.4, 0.5) is 10.5 Å². The molecule has 1 N–H and O–H groups in total. The molecule has 1 aliphatic carbocycles. The summed E-state index contributed by atoms with van der Waals surface area (Å²) in [5.74, 6) is 0.683. The maximum absolute atomic E-state index is 13.4. The molecule has 0 aromatic heterocycles. The average molecular weight is 520 g/mol. The van der Waals surface area contributed by atoms with Crippen molar-refractivity contribution in [3.63, 3.8) is 0 Å². The molecule has 202 valence electrons. The van der Waals surface area contributed by atoms with Gasteiger partial charge in [-0.25, -0.2) is 4.79 Å². The summed E-state index contributed by atoms with van der Waals surface area (Å²) in [6.07, 6.45) is 3.41. The Morgan fingerprint density at radius 1 is 1.13 bits per heavy atom. The number of amides is 2. The van der Waals surface area contributed by atoms with E-state index in [0.29, 0.717) is 30.8 Å². The van der Waals surface area contributed by atoms with Gasteiger partial charge in [0.15, 0.2) is 5.78 Å². The summed E-state index contributed by atoms with van der Waals surface area (Å²) < 4.78 is 11.3. The number of carbonyl (C=O) groups excluding carboxylic acids is 3. The molecule has 2 aromatic carbocycles. The normalized spacial score (nSPS) is 18.4. The standard InChI is InChI=1S/C30H37N3O5/c1-4-32(5-2)15-16-37-26-12-9-22(10-13-26)17-24-8-6-7-23-18-25(11-14-28(23)29(24)35)33-20-27(38-30(33)36)19-31-21(3)34/h9-14,17-18,27H,4-8,15-16,19-20H2,1-3H3,(H,31,34)/b24-17-. The van der Waals surface area contributed by atoms with Crippen LogP contribution in [0.3, 0.4) is 0 Å². The van der Waals surface area contributed by atoms with Gasteiger partial charge in [0, 0.05) is 30.3 Å². The number of allylic oxidation sites excluding steroid dienone is 1. The van der Waals surface area contributed by atoms with Crippen LogP contribution in [0.2, 0.25) is 0 Å². The number of likely N-dealkylation sites (N-methyl/N-ethyl adjacent to an activating group) is 1. The number of nitrogens with zero attached hydrogens (tertiary/aromatic N) is 2. The van der Waals surface area contributed by atoms with E-state index in [0.717, 1.165) is 54.9 Å². The van der Waals surface area contributed by atoms with Gasteiger partial charge in [-0.1, -0.05) is 26.0 Å². The highest BCUT2D eigenvalue weighted by atomic mass is 16.6. The molecule has 1 heterocycles. The first-order chi connectivity index (χ1) is 18.4. The van der Waals surface area contributed by atoms with Crippen LogP contribution in [-0.2, 0) is 16.0 Å². The molecule has 4 rings (SSSR count). The van der Waals surface area contributed by atoms with Crippen molar-refractivity contribution in [2.75, 3.05) is 44.2 Å². The van der Waals surface area contributed by atoms with Crippen LogP contribution >= 0.6 is 0 Å². The van der Waals surface area contributed by atoms with Gasteiger partial charge in [0.2, 0.25) is 5.91 Å². The van der Waals surface area contributed by atoms with E-state index < -0.39 is 12.2 Å². The zero-order valence-corrected chi connectivity index (χ0v) is 22.5. The van der Waals surface area contributed by atoms with Gasteiger partial charge >= 0.3 is 6.09 Å². The van der Waals surface area contributed by atoms with Crippen molar-refractivity contribution in [3.8, 4) is 5.75 Å². The zero-order valence-electron chi connectivity index (χ0n) is 22.5. The number of aryl methyl sites for hydroxylation is 1. The maximum atomic E-state index is 13.4. The molecule has 1 fully saturated rings. The number of hydrogen-bond donors (Lipinski definition) is 1. The van der Waals surface area contributed by atoms with Crippen molar-refractivity contribution in [2.45, 2.75) is 46.1 Å². The molecular weight excluding hydrogens is 482 g/mol. The summed E-state index contributed by atoms with van der Waals surface area (Å²) in [7, 11) is 0. The molecule has 8 nitrogen and oxygen atoms in total. The average Bonchev–Trinajstić information content (AvgIpc) is 3.22. The molecule has 1 saturated heterocycles. The second kappa shape index (κ2) is 12.7. The van der Waals surface area contributed by atoms with Crippen molar-refractivity contribution in [2.24, 2.45) is 0 Å². The number of ketones is 1. The third-order valence-electron chi connectivity index (χ3n) is 7.07. The number of hydrogen-bond acceptors (Lipinski definition) is 6. The number of carbonyl (C=O) groups is 3. The van der Waals surface area contributed by atoms with E-state index in [9.17, 15) is 14.4 Å². The topological polar surface area (TPSA) is 88.2 Å². The van der Waals surface area contributed by atoms with Crippen LogP contribution in [0.15, 0.2) is 48.0 Å². The first-order valence-corrected chi connectivity index (χ1v) is 13.4. The van der Waals surface area contributed by atoms with E-state index >= 15 is 0 Å². The molecule has 0 bridgehead atoms. The predicted molar refractivity (Wildman–Crippen MR) is 148 cm³/mol. The van der Waals surface area contributed by atoms with E-state index in [1.54, 1.807) is 11.0 Å². The van der Waals surface area contributed by atoms with Gasteiger partial charge in [-0.05, 0) is 79.9 Å². The molecule has 8 heteroatoms. The molecule has 2 aliphatic rings. The van der Waals surface area contributed by atoms with Crippen molar-refractivity contribution in [1.29, 1.82) is 0 Å². The second-order valence-electron chi connectivity index (χ2n) is 9.69. The Hall–Kier alpha value is -3.65. The van der Waals surface area contributed by atoms with Gasteiger partial charge in [-0.15, -0.1) is 0 Å². The smallest absolute Gasteiger partial charge is 0.414 e. The SMILES string of the molecule is CCN(CC)CCOc1ccc(/C=C2/CCCc3cc(N4CC(CNC(C)=O)OC4=O)ccc3C2=O)cc1. The number of nitrogens with one attached hydrogen (secondary N) is 1. The number of Topliss-reactive ketones (excluding diaryl/α,β-unsaturated/α-hetero) is 1. The van der Waals surface area contributed by atoms with Crippen LogP contribution in [0.25, 0.3) is 6.08 Å². The number of fused-ring (bicyclic) bond motifs is 1. The summed E-state index contributed by atoms with van der Waals surface area (Å²) >= 11 is 0. The minimum absolute atomic E-state index is 0.0242. The molecule has 1 aliphatic heterocycles. The predicted octanol–water partition coefficient (Wildman–Crippen LogP) is 4.47. The van der Waals surface area contributed by atoms with Crippen LogP contribution in [0.5, 0.6) is 5.75 Å². The molecule has 0 radical (unpaired) electrons. The van der Waals surface area contributed by atoms with Gasteiger partial charge in [0.1, 0.15) is 18.5 Å². The monoisotopic (exact) mass is 519 g/mol. The Labute approximate surface area is 224 Å². The Balaban J connectivity index is 1.42. The van der Waals surface area contributed by atoms with E-state index in [2.05, 4.69) is 24.1 Å². The fourth-order valence-electron chi connectivity index (χ4n) is 4.86. The number of benzene rings is 2. The van der Waals surface area contributed by atoms with E-state index in [4.69, 9.17) is 9.47 Å². The lowest BCUT2D eigenvalue weighted by Gasteiger charge is -2.18. The summed E-state index contributed by atoms with van der Waals surface area (Å²) in [6, 6.07) is 13.4. The Morgan fingerprint density at radius 3 is 2.61 bits per heavy atom. The highest BCUT2D eigenvalue weighted by Gasteiger charge is 2.33. The number of ether oxygens (including phenoxy) is 2. The number of rotatable bonds is 10. The first kappa shape index (κ1) is 27.4. The highest BCUT2D eigenvalue weighted by molar-refractivity contribution is 6.12. The second-order valence-corrected chi connectivity index (χ2v) is 9.69. The lowest BCUT2D eigenvalue weighted by atomic mass is 9.97. The Bertz CT molecular complexity index is 1190. The number of anilines is 1. The minimum Gasteiger partial charge on any atom is -0.492 e. The lowest BCUT2D eigenvalue weighted by Crippen LogP contribution is -2.33. The molecule has 0 saturated carbocycles. The minimum atomic E-state index is -0.443. The third-order valence-corrected chi connectivity index (χ3v) is 7.07. The van der Waals surface area contributed by atoms with Crippen molar-refractivity contribution in [3.05, 3.63) is 64.7 Å². The lowest BCUT2D eigenvalue weighted by molar-refractivity contribution is -0.119. The summed E-state index contributed by atoms with van der Waals surface area (Å²) in [4.78, 5) is 40.9. The maximum Gasteiger partial charge on any atom is 0.414 e. The molecule has 1 atom stereocenters. The molecule has 0 spiro atoms. The van der Waals surface area contributed by atoms with Crippen LogP contribution in [-0.4, -0.2) is 68.1 Å². The Kier molecular flexibility index (Phi) is 9.18. The molecular formula is C30H37N3O5. The van der Waals surface area contributed by atoms with E-state index in [-0.39, 0.29) is 18.2 Å². The third kappa shape index (κ3) is 6.81. The van der Waals surface area contributed by atoms with Gasteiger partial charge in [-0.2, -0.15) is 0 Å². The Morgan fingerprint density at radius 2 is 1.89 bits per heavy atom. The molecule has 38 heavy (non-hydrogen) atoms. The molecule has 2 amide bonds. The van der Waals surface area contributed by atoms with Gasteiger partial charge in [0.05, 0.1) is 13.1 Å². The first-order valence-electron chi connectivity index (χ1n) is 13.4. The van der Waals surface area contributed by atoms with Crippen LogP contribution in [0.1, 0.15) is 55.1 Å². The van der Waals surface area contributed by atoms with Gasteiger partial charge in [-0.3, -0.25) is 14.5 Å².